The number of ether oxygens (including phenoxy) is 1. The van der Waals surface area contributed by atoms with Crippen molar-refractivity contribution >= 4 is 11.9 Å². The molecular weight excluding hydrogens is 202 g/mol. The third kappa shape index (κ3) is 24.6. The minimum absolute atomic E-state index is 0.281. The molecule has 0 radical (unpaired) electrons. The molecule has 6 heteroatoms. The van der Waals surface area contributed by atoms with Gasteiger partial charge in [0.1, 0.15) is 13.2 Å². The van der Waals surface area contributed by atoms with Crippen LogP contribution in [-0.2, 0) is 14.3 Å². The monoisotopic (exact) mass is 221 g/mol. The molecule has 0 rings (SSSR count). The van der Waals surface area contributed by atoms with Crippen molar-refractivity contribution in [3.63, 3.8) is 0 Å². The van der Waals surface area contributed by atoms with Crippen LogP contribution in [0.15, 0.2) is 0 Å². The van der Waals surface area contributed by atoms with E-state index in [4.69, 9.17) is 5.11 Å². The summed E-state index contributed by atoms with van der Waals surface area (Å²) in [6.07, 6.45) is 0. The van der Waals surface area contributed by atoms with Crippen LogP contribution < -0.4 is 5.11 Å². The lowest BCUT2D eigenvalue weighted by molar-refractivity contribution is -0.870. The molecule has 0 aliphatic carbocycles. The minimum atomic E-state index is -1.39. The first kappa shape index (κ1) is 16.3. The van der Waals surface area contributed by atoms with Crippen molar-refractivity contribution in [2.45, 2.75) is 6.92 Å². The Balaban J connectivity index is 0. The Kier molecular flexibility index (Phi) is 8.90. The molecule has 0 aromatic heterocycles. The Morgan fingerprint density at radius 3 is 1.87 bits per heavy atom. The van der Waals surface area contributed by atoms with E-state index < -0.39 is 18.5 Å². The van der Waals surface area contributed by atoms with E-state index in [1.54, 1.807) is 0 Å². The fraction of sp³-hybridized carbons (Fsp3) is 0.778. The molecular formula is C9H19NO5. The van der Waals surface area contributed by atoms with Crippen molar-refractivity contribution in [3.8, 4) is 0 Å². The maximum atomic E-state index is 9.83. The molecule has 0 heterocycles. The Morgan fingerprint density at radius 1 is 1.33 bits per heavy atom. The van der Waals surface area contributed by atoms with Crippen molar-refractivity contribution in [2.24, 2.45) is 0 Å². The summed E-state index contributed by atoms with van der Waals surface area (Å²) in [5, 5.41) is 17.9. The number of nitrogens with zero attached hydrogens (tertiary/aromatic N) is 1. The van der Waals surface area contributed by atoms with Gasteiger partial charge >= 0.3 is 5.97 Å². The second-order valence-electron chi connectivity index (χ2n) is 3.89. The number of quaternary nitrogens is 1. The van der Waals surface area contributed by atoms with E-state index in [1.807, 2.05) is 0 Å². The largest absolute Gasteiger partial charge is 0.546 e. The van der Waals surface area contributed by atoms with E-state index in [0.717, 1.165) is 18.0 Å². The van der Waals surface area contributed by atoms with Crippen LogP contribution in [0.3, 0.4) is 0 Å². The summed E-state index contributed by atoms with van der Waals surface area (Å²) in [6, 6.07) is 0. The predicted octanol–water partition coefficient (Wildman–Crippen LogP) is -2.02. The standard InChI is InChI=1S/C5H14NO.C4H6O4/c1-6(2,3)4-5-7;1-3(5)8-2-4(6)7/h7H,4-5H2,1-3H3;2H2,1H3,(H,6,7)/q+1;/p-1. The summed E-state index contributed by atoms with van der Waals surface area (Å²) in [6.45, 7) is 1.59. The van der Waals surface area contributed by atoms with Crippen molar-refractivity contribution in [1.29, 1.82) is 0 Å². The topological polar surface area (TPSA) is 86.7 Å². The highest BCUT2D eigenvalue weighted by molar-refractivity contribution is 5.72. The van der Waals surface area contributed by atoms with Gasteiger partial charge in [0.2, 0.25) is 0 Å². The summed E-state index contributed by atoms with van der Waals surface area (Å²) in [7, 11) is 6.16. The van der Waals surface area contributed by atoms with Gasteiger partial charge < -0.3 is 24.2 Å². The molecule has 6 nitrogen and oxygen atoms in total. The normalized spacial score (nSPS) is 9.93. The van der Waals surface area contributed by atoms with Gasteiger partial charge in [-0.3, -0.25) is 4.79 Å². The molecule has 0 aromatic carbocycles. The van der Waals surface area contributed by atoms with E-state index in [9.17, 15) is 14.7 Å². The van der Waals surface area contributed by atoms with Crippen LogP contribution in [0.4, 0.5) is 0 Å². The van der Waals surface area contributed by atoms with Crippen LogP contribution >= 0.6 is 0 Å². The number of carboxylic acids is 1. The van der Waals surface area contributed by atoms with Gasteiger partial charge in [0, 0.05) is 6.92 Å². The predicted molar refractivity (Wildman–Crippen MR) is 51.6 cm³/mol. The average Bonchev–Trinajstić information content (AvgIpc) is 1.99. The molecule has 0 bridgehead atoms. The van der Waals surface area contributed by atoms with E-state index in [2.05, 4.69) is 25.9 Å². The molecule has 90 valence electrons. The zero-order chi connectivity index (χ0) is 12.5. The lowest BCUT2D eigenvalue weighted by Gasteiger charge is -2.21. The van der Waals surface area contributed by atoms with E-state index >= 15 is 0 Å². The number of aliphatic hydroxyl groups excluding tert-OH is 1. The van der Waals surface area contributed by atoms with Crippen LogP contribution in [0, 0.1) is 0 Å². The fourth-order valence-electron chi connectivity index (χ4n) is 0.461. The van der Waals surface area contributed by atoms with Crippen LogP contribution in [0.25, 0.3) is 0 Å². The van der Waals surface area contributed by atoms with Crippen molar-refractivity contribution < 1.29 is 29.0 Å². The highest BCUT2D eigenvalue weighted by Crippen LogP contribution is 1.84. The number of carboxylic acid groups (broad SMARTS) is 1. The summed E-state index contributed by atoms with van der Waals surface area (Å²) < 4.78 is 4.85. The smallest absolute Gasteiger partial charge is 0.303 e. The van der Waals surface area contributed by atoms with Gasteiger partial charge in [-0.15, -0.1) is 0 Å². The number of hydrogen-bond acceptors (Lipinski definition) is 5. The van der Waals surface area contributed by atoms with Crippen molar-refractivity contribution in [3.05, 3.63) is 0 Å². The minimum Gasteiger partial charge on any atom is -0.546 e. The Morgan fingerprint density at radius 2 is 1.80 bits per heavy atom. The Hall–Kier alpha value is -1.14. The number of esters is 1. The highest BCUT2D eigenvalue weighted by atomic mass is 16.5. The Bertz CT molecular complexity index is 183. The molecule has 15 heavy (non-hydrogen) atoms. The first-order valence-corrected chi connectivity index (χ1v) is 4.43. The van der Waals surface area contributed by atoms with Crippen LogP contribution in [-0.4, -0.2) is 62.4 Å². The molecule has 0 amide bonds. The number of aliphatic hydroxyl groups is 1. The number of rotatable bonds is 4. The number of aliphatic carboxylic acids is 1. The SMILES string of the molecule is CC(=O)OCC(=O)[O-].C[N+](C)(C)CCO. The van der Waals surface area contributed by atoms with Crippen LogP contribution in [0.2, 0.25) is 0 Å². The summed E-state index contributed by atoms with van der Waals surface area (Å²) in [5.41, 5.74) is 0. The first-order valence-electron chi connectivity index (χ1n) is 4.43. The van der Waals surface area contributed by atoms with Gasteiger partial charge in [0.15, 0.2) is 0 Å². The lowest BCUT2D eigenvalue weighted by atomic mass is 10.5. The zero-order valence-electron chi connectivity index (χ0n) is 9.65. The van der Waals surface area contributed by atoms with Crippen LogP contribution in [0.5, 0.6) is 0 Å². The maximum absolute atomic E-state index is 9.83. The quantitative estimate of drug-likeness (QED) is 0.437. The second-order valence-corrected chi connectivity index (χ2v) is 3.89. The third-order valence-corrected chi connectivity index (χ3v) is 1.16. The molecule has 0 saturated carbocycles. The molecule has 0 fully saturated rings. The summed E-state index contributed by atoms with van der Waals surface area (Å²) >= 11 is 0. The highest BCUT2D eigenvalue weighted by Gasteiger charge is 2.02. The maximum Gasteiger partial charge on any atom is 0.303 e. The van der Waals surface area contributed by atoms with Gasteiger partial charge in [-0.05, 0) is 0 Å². The molecule has 0 aliphatic heterocycles. The molecule has 0 unspecified atom stereocenters. The van der Waals surface area contributed by atoms with Gasteiger partial charge in [-0.25, -0.2) is 0 Å². The van der Waals surface area contributed by atoms with Crippen molar-refractivity contribution in [2.75, 3.05) is 40.9 Å². The number of hydrogen-bond donors (Lipinski definition) is 1. The molecule has 0 saturated heterocycles. The average molecular weight is 221 g/mol. The fourth-order valence-corrected chi connectivity index (χ4v) is 0.461. The summed E-state index contributed by atoms with van der Waals surface area (Å²) in [5.74, 6) is -2.01. The second kappa shape index (κ2) is 8.19. The van der Waals surface area contributed by atoms with Crippen LogP contribution in [0.1, 0.15) is 6.92 Å². The van der Waals surface area contributed by atoms with Crippen molar-refractivity contribution in [1.82, 2.24) is 0 Å². The van der Waals surface area contributed by atoms with Gasteiger partial charge in [-0.2, -0.15) is 0 Å². The third-order valence-electron chi connectivity index (χ3n) is 1.16. The van der Waals surface area contributed by atoms with E-state index in [-0.39, 0.29) is 6.61 Å². The van der Waals surface area contributed by atoms with Gasteiger partial charge in [0.25, 0.3) is 0 Å². The molecule has 0 aromatic rings. The lowest BCUT2D eigenvalue weighted by Crippen LogP contribution is -2.36. The molecule has 0 spiro atoms. The Labute approximate surface area is 89.7 Å². The molecule has 0 aliphatic rings. The summed E-state index contributed by atoms with van der Waals surface area (Å²) in [4.78, 5) is 19.4. The van der Waals surface area contributed by atoms with E-state index in [1.165, 1.54) is 0 Å². The molecule has 0 atom stereocenters. The number of carbonyl (C=O) groups is 2. The van der Waals surface area contributed by atoms with E-state index in [0.29, 0.717) is 0 Å². The molecule has 1 N–H and O–H groups in total. The zero-order valence-corrected chi connectivity index (χ0v) is 9.65. The van der Waals surface area contributed by atoms with Gasteiger partial charge in [0.05, 0.1) is 33.7 Å². The number of carbonyl (C=O) groups excluding carboxylic acids is 2. The first-order chi connectivity index (χ1) is 6.69. The van der Waals surface area contributed by atoms with Gasteiger partial charge in [-0.1, -0.05) is 0 Å². The number of likely N-dealkylation sites (N-methyl/N-ethyl adjacent to an activating group) is 1.